The second kappa shape index (κ2) is 4.93. The highest BCUT2D eigenvalue weighted by Crippen LogP contribution is 2.27. The first-order valence-corrected chi connectivity index (χ1v) is 5.73. The van der Waals surface area contributed by atoms with Gasteiger partial charge in [-0.2, -0.15) is 0 Å². The van der Waals surface area contributed by atoms with E-state index >= 15 is 0 Å². The summed E-state index contributed by atoms with van der Waals surface area (Å²) in [6.07, 6.45) is 2.47. The Hall–Kier alpha value is -0.930. The van der Waals surface area contributed by atoms with Crippen molar-refractivity contribution < 1.29 is 9.18 Å². The number of Topliss-reactive ketones (excluding diaryl/α,β-unsaturated/α-hetero) is 1. The molecule has 0 heterocycles. The summed E-state index contributed by atoms with van der Waals surface area (Å²) in [6.45, 7) is 1.04. The Kier molecular flexibility index (Phi) is 3.56. The molecule has 4 heteroatoms. The molecule has 0 aromatic heterocycles. The van der Waals surface area contributed by atoms with Crippen molar-refractivity contribution in [2.75, 3.05) is 13.1 Å². The molecule has 0 bridgehead atoms. The molecule has 16 heavy (non-hydrogen) atoms. The standard InChI is InChI=1S/C12H13ClFNO/c13-9-3-4-10(11(14)5-9)12(16)7-15-6-8-1-2-8/h3-5,8,15H,1-2,6-7H2. The van der Waals surface area contributed by atoms with Crippen molar-refractivity contribution in [2.24, 2.45) is 5.92 Å². The molecule has 0 saturated heterocycles. The highest BCUT2D eigenvalue weighted by atomic mass is 35.5. The van der Waals surface area contributed by atoms with Gasteiger partial charge in [-0.1, -0.05) is 11.6 Å². The highest BCUT2D eigenvalue weighted by molar-refractivity contribution is 6.30. The van der Waals surface area contributed by atoms with Gasteiger partial charge in [-0.25, -0.2) is 4.39 Å². The Labute approximate surface area is 98.8 Å². The van der Waals surface area contributed by atoms with Gasteiger partial charge in [0.25, 0.3) is 0 Å². The van der Waals surface area contributed by atoms with Crippen molar-refractivity contribution in [3.05, 3.63) is 34.6 Å². The highest BCUT2D eigenvalue weighted by Gasteiger charge is 2.21. The molecule has 1 fully saturated rings. The van der Waals surface area contributed by atoms with Crippen LogP contribution in [0, 0.1) is 11.7 Å². The lowest BCUT2D eigenvalue weighted by molar-refractivity contribution is 0.0987. The SMILES string of the molecule is O=C(CNCC1CC1)c1ccc(Cl)cc1F. The van der Waals surface area contributed by atoms with Gasteiger partial charge in [-0.05, 0) is 43.5 Å². The van der Waals surface area contributed by atoms with Gasteiger partial charge < -0.3 is 5.32 Å². The summed E-state index contributed by atoms with van der Waals surface area (Å²) >= 11 is 5.61. The minimum Gasteiger partial charge on any atom is -0.309 e. The van der Waals surface area contributed by atoms with E-state index in [0.717, 1.165) is 12.6 Å². The van der Waals surface area contributed by atoms with Gasteiger partial charge in [0.15, 0.2) is 5.78 Å². The number of rotatable bonds is 5. The van der Waals surface area contributed by atoms with Crippen LogP contribution >= 0.6 is 11.6 Å². The van der Waals surface area contributed by atoms with E-state index in [2.05, 4.69) is 5.32 Å². The molecule has 1 aliphatic rings. The fourth-order valence-corrected chi connectivity index (χ4v) is 1.68. The lowest BCUT2D eigenvalue weighted by Gasteiger charge is -2.04. The van der Waals surface area contributed by atoms with E-state index in [4.69, 9.17) is 11.6 Å². The fraction of sp³-hybridized carbons (Fsp3) is 0.417. The molecule has 0 unspecified atom stereocenters. The average molecular weight is 242 g/mol. The molecule has 2 rings (SSSR count). The summed E-state index contributed by atoms with van der Waals surface area (Å²) in [5.74, 6) is -0.0663. The van der Waals surface area contributed by atoms with E-state index in [1.165, 1.54) is 25.0 Å². The van der Waals surface area contributed by atoms with Crippen LogP contribution in [-0.2, 0) is 0 Å². The summed E-state index contributed by atoms with van der Waals surface area (Å²) in [7, 11) is 0. The Morgan fingerprint density at radius 2 is 2.25 bits per heavy atom. The van der Waals surface area contributed by atoms with E-state index in [1.54, 1.807) is 0 Å². The summed E-state index contributed by atoms with van der Waals surface area (Å²) < 4.78 is 13.4. The molecular weight excluding hydrogens is 229 g/mol. The molecule has 1 N–H and O–H groups in total. The third-order valence-electron chi connectivity index (χ3n) is 2.65. The van der Waals surface area contributed by atoms with E-state index in [1.807, 2.05) is 0 Å². The maximum absolute atomic E-state index is 13.4. The number of halogens is 2. The van der Waals surface area contributed by atoms with Gasteiger partial charge >= 0.3 is 0 Å². The van der Waals surface area contributed by atoms with Crippen LogP contribution in [-0.4, -0.2) is 18.9 Å². The van der Waals surface area contributed by atoms with Crippen molar-refractivity contribution in [3.63, 3.8) is 0 Å². The number of hydrogen-bond donors (Lipinski definition) is 1. The normalized spacial score (nSPS) is 15.1. The second-order valence-electron chi connectivity index (χ2n) is 4.12. The zero-order valence-corrected chi connectivity index (χ0v) is 9.56. The van der Waals surface area contributed by atoms with Crippen LogP contribution in [0.4, 0.5) is 4.39 Å². The number of nitrogens with one attached hydrogen (secondary N) is 1. The summed E-state index contributed by atoms with van der Waals surface area (Å²) in [5.41, 5.74) is 0.104. The molecule has 2 nitrogen and oxygen atoms in total. The zero-order valence-electron chi connectivity index (χ0n) is 8.80. The van der Waals surface area contributed by atoms with Crippen LogP contribution < -0.4 is 5.32 Å². The smallest absolute Gasteiger partial charge is 0.179 e. The quantitative estimate of drug-likeness (QED) is 0.803. The molecule has 1 aliphatic carbocycles. The summed E-state index contributed by atoms with van der Waals surface area (Å²) in [6, 6.07) is 4.12. The Balaban J connectivity index is 1.91. The van der Waals surface area contributed by atoms with E-state index in [9.17, 15) is 9.18 Å². The number of carbonyl (C=O) groups excluding carboxylic acids is 1. The van der Waals surface area contributed by atoms with Crippen molar-refractivity contribution in [3.8, 4) is 0 Å². The number of carbonyl (C=O) groups is 1. The third kappa shape index (κ3) is 3.03. The molecule has 0 radical (unpaired) electrons. The molecule has 0 atom stereocenters. The minimum absolute atomic E-state index is 0.104. The van der Waals surface area contributed by atoms with E-state index in [0.29, 0.717) is 10.9 Å². The van der Waals surface area contributed by atoms with Crippen molar-refractivity contribution in [1.29, 1.82) is 0 Å². The monoisotopic (exact) mass is 241 g/mol. The van der Waals surface area contributed by atoms with Crippen LogP contribution in [0.3, 0.4) is 0 Å². The first-order valence-electron chi connectivity index (χ1n) is 5.36. The second-order valence-corrected chi connectivity index (χ2v) is 4.56. The van der Waals surface area contributed by atoms with Crippen molar-refractivity contribution in [1.82, 2.24) is 5.32 Å². The molecule has 1 aromatic carbocycles. The third-order valence-corrected chi connectivity index (χ3v) is 2.88. The van der Waals surface area contributed by atoms with E-state index in [-0.39, 0.29) is 17.9 Å². The molecule has 1 aromatic rings. The van der Waals surface area contributed by atoms with Crippen LogP contribution in [0.5, 0.6) is 0 Å². The van der Waals surface area contributed by atoms with Crippen LogP contribution in [0.1, 0.15) is 23.2 Å². The van der Waals surface area contributed by atoms with E-state index < -0.39 is 5.82 Å². The lowest BCUT2D eigenvalue weighted by atomic mass is 10.1. The molecule has 1 saturated carbocycles. The van der Waals surface area contributed by atoms with Crippen LogP contribution in [0.2, 0.25) is 5.02 Å². The zero-order chi connectivity index (χ0) is 11.5. The Bertz CT molecular complexity index is 404. The number of ketones is 1. The largest absolute Gasteiger partial charge is 0.309 e. The van der Waals surface area contributed by atoms with Crippen molar-refractivity contribution >= 4 is 17.4 Å². The van der Waals surface area contributed by atoms with Gasteiger partial charge in [0.1, 0.15) is 5.82 Å². The van der Waals surface area contributed by atoms with Crippen LogP contribution in [0.25, 0.3) is 0 Å². The maximum atomic E-state index is 13.4. The van der Waals surface area contributed by atoms with Crippen molar-refractivity contribution in [2.45, 2.75) is 12.8 Å². The predicted octanol–water partition coefficient (Wildman–Crippen LogP) is 2.66. The average Bonchev–Trinajstić information content (AvgIpc) is 3.01. The topological polar surface area (TPSA) is 29.1 Å². The fourth-order valence-electron chi connectivity index (χ4n) is 1.52. The molecule has 86 valence electrons. The van der Waals surface area contributed by atoms with Gasteiger partial charge in [0, 0.05) is 5.02 Å². The van der Waals surface area contributed by atoms with Gasteiger partial charge in [-0.3, -0.25) is 4.79 Å². The van der Waals surface area contributed by atoms with Gasteiger partial charge in [0.05, 0.1) is 12.1 Å². The maximum Gasteiger partial charge on any atom is 0.179 e. The first-order chi connectivity index (χ1) is 7.66. The summed E-state index contributed by atoms with van der Waals surface area (Å²) in [4.78, 5) is 11.6. The number of hydrogen-bond acceptors (Lipinski definition) is 2. The Morgan fingerprint density at radius 1 is 1.50 bits per heavy atom. The Morgan fingerprint density at radius 3 is 2.88 bits per heavy atom. The molecular formula is C12H13ClFNO. The van der Waals surface area contributed by atoms with Crippen LogP contribution in [0.15, 0.2) is 18.2 Å². The van der Waals surface area contributed by atoms with Gasteiger partial charge in [-0.15, -0.1) is 0 Å². The first kappa shape index (κ1) is 11.6. The summed E-state index contributed by atoms with van der Waals surface area (Å²) in [5, 5.41) is 3.34. The molecule has 0 amide bonds. The molecule has 0 spiro atoms. The number of benzene rings is 1. The predicted molar refractivity (Wildman–Crippen MR) is 61.3 cm³/mol. The van der Waals surface area contributed by atoms with Gasteiger partial charge in [0.2, 0.25) is 0 Å². The lowest BCUT2D eigenvalue weighted by Crippen LogP contribution is -2.25. The minimum atomic E-state index is -0.550. The molecule has 0 aliphatic heterocycles.